The second kappa shape index (κ2) is 4.03. The van der Waals surface area contributed by atoms with Gasteiger partial charge in [0.05, 0.1) is 5.69 Å². The van der Waals surface area contributed by atoms with Crippen molar-refractivity contribution < 1.29 is 4.79 Å². The quantitative estimate of drug-likeness (QED) is 0.845. The number of aromatic nitrogens is 4. The van der Waals surface area contributed by atoms with Gasteiger partial charge in [0.1, 0.15) is 0 Å². The van der Waals surface area contributed by atoms with Crippen LogP contribution in [0, 0.1) is 5.92 Å². The molecule has 0 spiro atoms. The fraction of sp³-hybridized carbons (Fsp3) is 0.385. The second-order valence-corrected chi connectivity index (χ2v) is 5.41. The van der Waals surface area contributed by atoms with E-state index in [1.807, 2.05) is 4.90 Å². The van der Waals surface area contributed by atoms with Gasteiger partial charge < -0.3 is 4.90 Å². The van der Waals surface area contributed by atoms with Crippen LogP contribution in [-0.4, -0.2) is 43.6 Å². The third kappa shape index (κ3) is 1.59. The van der Waals surface area contributed by atoms with Crippen LogP contribution in [-0.2, 0) is 0 Å². The number of nitrogens with one attached hydrogen (secondary N) is 1. The molecule has 5 rings (SSSR count). The lowest BCUT2D eigenvalue weighted by Crippen LogP contribution is -2.34. The van der Waals surface area contributed by atoms with Gasteiger partial charge in [-0.15, -0.1) is 0 Å². The number of aromatic amines is 1. The van der Waals surface area contributed by atoms with Crippen molar-refractivity contribution >= 4 is 5.91 Å². The second-order valence-electron chi connectivity index (χ2n) is 5.41. The third-order valence-electron chi connectivity index (χ3n) is 4.20. The molecule has 7 nitrogen and oxygen atoms in total. The van der Waals surface area contributed by atoms with E-state index < -0.39 is 5.69 Å². The van der Waals surface area contributed by atoms with Crippen molar-refractivity contribution in [2.75, 3.05) is 6.54 Å². The topological polar surface area (TPSA) is 83.9 Å². The van der Waals surface area contributed by atoms with Crippen LogP contribution < -0.4 is 5.69 Å². The molecule has 20 heavy (non-hydrogen) atoms. The number of carbonyl (C=O) groups excluding carboxylic acids is 1. The number of rotatable bonds is 2. The monoisotopic (exact) mass is 271 g/mol. The molecule has 1 aromatic heterocycles. The van der Waals surface area contributed by atoms with E-state index in [1.54, 1.807) is 24.3 Å². The lowest BCUT2D eigenvalue weighted by atomic mass is 9.86. The molecule has 2 bridgehead atoms. The summed E-state index contributed by atoms with van der Waals surface area (Å²) in [6.07, 6.45) is 2.30. The van der Waals surface area contributed by atoms with Crippen LogP contribution in [0.2, 0.25) is 0 Å². The molecule has 102 valence electrons. The van der Waals surface area contributed by atoms with Gasteiger partial charge >= 0.3 is 5.69 Å². The van der Waals surface area contributed by atoms with Crippen LogP contribution >= 0.6 is 0 Å². The Morgan fingerprint density at radius 2 is 2.00 bits per heavy atom. The fourth-order valence-corrected chi connectivity index (χ4v) is 3.06. The number of hydrogen-bond acceptors (Lipinski definition) is 4. The largest absolute Gasteiger partial charge is 0.365 e. The van der Waals surface area contributed by atoms with Crippen LogP contribution in [0.1, 0.15) is 23.2 Å². The first-order valence-corrected chi connectivity index (χ1v) is 6.64. The summed E-state index contributed by atoms with van der Waals surface area (Å²) in [6.45, 7) is 0.883. The van der Waals surface area contributed by atoms with E-state index in [1.165, 1.54) is 0 Å². The molecule has 2 aromatic rings. The third-order valence-corrected chi connectivity index (χ3v) is 4.20. The van der Waals surface area contributed by atoms with Gasteiger partial charge in [-0.2, -0.15) is 4.68 Å². The van der Waals surface area contributed by atoms with Gasteiger partial charge in [0.25, 0.3) is 5.91 Å². The molecular formula is C13H13N5O2. The Kier molecular flexibility index (Phi) is 2.29. The summed E-state index contributed by atoms with van der Waals surface area (Å²) in [7, 11) is 0. The maximum absolute atomic E-state index is 12.4. The van der Waals surface area contributed by atoms with Crippen molar-refractivity contribution in [3.05, 3.63) is 40.3 Å². The summed E-state index contributed by atoms with van der Waals surface area (Å²) in [6, 6.07) is 7.31. The van der Waals surface area contributed by atoms with Crippen molar-refractivity contribution in [3.63, 3.8) is 0 Å². The Bertz CT molecular complexity index is 711. The van der Waals surface area contributed by atoms with E-state index in [0.29, 0.717) is 23.2 Å². The molecule has 3 aliphatic rings. The molecule has 2 aliphatic heterocycles. The van der Waals surface area contributed by atoms with Gasteiger partial charge in [0.15, 0.2) is 0 Å². The maximum atomic E-state index is 12.4. The Balaban J connectivity index is 1.60. The lowest BCUT2D eigenvalue weighted by molar-refractivity contribution is 0.0751. The van der Waals surface area contributed by atoms with Gasteiger partial charge in [0, 0.05) is 18.2 Å². The molecule has 3 fully saturated rings. The summed E-state index contributed by atoms with van der Waals surface area (Å²) >= 11 is 0. The summed E-state index contributed by atoms with van der Waals surface area (Å²) in [5, 5.41) is 9.33. The first-order chi connectivity index (χ1) is 9.72. The first kappa shape index (κ1) is 11.4. The van der Waals surface area contributed by atoms with E-state index in [4.69, 9.17) is 0 Å². The van der Waals surface area contributed by atoms with Crippen LogP contribution in [0.3, 0.4) is 0 Å². The average Bonchev–Trinajstić information content (AvgIpc) is 3.11. The highest BCUT2D eigenvalue weighted by atomic mass is 16.2. The van der Waals surface area contributed by atoms with Crippen LogP contribution in [0.5, 0.6) is 0 Å². The maximum Gasteiger partial charge on any atom is 0.365 e. The molecule has 2 saturated heterocycles. The Labute approximate surface area is 114 Å². The number of amides is 1. The van der Waals surface area contributed by atoms with Crippen molar-refractivity contribution in [1.82, 2.24) is 25.1 Å². The molecule has 0 radical (unpaired) electrons. The molecule has 1 amide bonds. The van der Waals surface area contributed by atoms with Crippen molar-refractivity contribution in [2.45, 2.75) is 18.9 Å². The molecule has 0 atom stereocenters. The highest BCUT2D eigenvalue weighted by Crippen LogP contribution is 2.41. The number of H-pyrrole nitrogens is 1. The molecule has 1 aromatic carbocycles. The van der Waals surface area contributed by atoms with Crippen molar-refractivity contribution in [2.24, 2.45) is 5.92 Å². The normalized spacial score (nSPS) is 23.7. The van der Waals surface area contributed by atoms with Gasteiger partial charge in [0.2, 0.25) is 0 Å². The van der Waals surface area contributed by atoms with E-state index in [-0.39, 0.29) is 5.91 Å². The Morgan fingerprint density at radius 3 is 2.55 bits per heavy atom. The molecule has 1 aliphatic carbocycles. The van der Waals surface area contributed by atoms with Gasteiger partial charge in [-0.25, -0.2) is 9.89 Å². The smallest absolute Gasteiger partial charge is 0.335 e. The fourth-order valence-electron chi connectivity index (χ4n) is 3.06. The van der Waals surface area contributed by atoms with E-state index in [9.17, 15) is 9.59 Å². The predicted molar refractivity (Wildman–Crippen MR) is 69.5 cm³/mol. The summed E-state index contributed by atoms with van der Waals surface area (Å²) < 4.78 is 1.15. The lowest BCUT2D eigenvalue weighted by Gasteiger charge is -2.25. The summed E-state index contributed by atoms with van der Waals surface area (Å²) in [4.78, 5) is 25.7. The van der Waals surface area contributed by atoms with Gasteiger partial charge in [-0.05, 0) is 53.5 Å². The minimum Gasteiger partial charge on any atom is -0.335 e. The summed E-state index contributed by atoms with van der Waals surface area (Å²) in [5.74, 6) is 0.783. The average molecular weight is 271 g/mol. The highest BCUT2D eigenvalue weighted by molar-refractivity contribution is 5.95. The molecule has 0 unspecified atom stereocenters. The SMILES string of the molecule is O=C(c1ccc(-n2nn[nH]c2=O)cc1)N1CC2CC1C2. The molecule has 3 heterocycles. The molecule has 7 heteroatoms. The first-order valence-electron chi connectivity index (χ1n) is 6.64. The van der Waals surface area contributed by atoms with Crippen LogP contribution in [0.4, 0.5) is 0 Å². The van der Waals surface area contributed by atoms with E-state index in [2.05, 4.69) is 15.5 Å². The van der Waals surface area contributed by atoms with E-state index >= 15 is 0 Å². The number of benzene rings is 1. The van der Waals surface area contributed by atoms with E-state index in [0.717, 1.165) is 24.1 Å². The minimum atomic E-state index is -0.399. The number of tetrazole rings is 1. The van der Waals surface area contributed by atoms with Crippen LogP contribution in [0.25, 0.3) is 5.69 Å². The zero-order valence-corrected chi connectivity index (χ0v) is 10.7. The zero-order chi connectivity index (χ0) is 13.7. The summed E-state index contributed by atoms with van der Waals surface area (Å²) in [5.41, 5.74) is 0.841. The molecular weight excluding hydrogens is 258 g/mol. The van der Waals surface area contributed by atoms with Crippen molar-refractivity contribution in [3.8, 4) is 5.69 Å². The highest BCUT2D eigenvalue weighted by Gasteiger charge is 2.44. The Hall–Kier alpha value is -2.44. The molecule has 1 saturated carbocycles. The molecule has 1 N–H and O–H groups in total. The number of hydrogen-bond donors (Lipinski definition) is 1. The number of carbonyl (C=O) groups is 1. The number of nitrogens with zero attached hydrogens (tertiary/aromatic N) is 4. The van der Waals surface area contributed by atoms with Crippen LogP contribution in [0.15, 0.2) is 29.1 Å². The van der Waals surface area contributed by atoms with Crippen molar-refractivity contribution in [1.29, 1.82) is 0 Å². The Morgan fingerprint density at radius 1 is 1.25 bits per heavy atom. The number of fused-ring (bicyclic) bond motifs is 1. The zero-order valence-electron chi connectivity index (χ0n) is 10.7. The van der Waals surface area contributed by atoms with Gasteiger partial charge in [-0.1, -0.05) is 0 Å². The van der Waals surface area contributed by atoms with Gasteiger partial charge in [-0.3, -0.25) is 4.79 Å². The minimum absolute atomic E-state index is 0.0778. The predicted octanol–water partition coefficient (Wildman–Crippen LogP) is 0.190. The standard InChI is InChI=1S/C13H13N5O2/c19-12(17-7-8-5-11(17)6-8)9-1-3-10(4-2-9)18-13(20)14-15-16-18/h1-4,8,11H,5-7H2,(H,14,16,20).